The van der Waals surface area contributed by atoms with Crippen molar-refractivity contribution in [1.82, 2.24) is 0 Å². The normalized spacial score (nSPS) is 10.8. The van der Waals surface area contributed by atoms with Crippen LogP contribution >= 0.6 is 0 Å². The topological polar surface area (TPSA) is 49.4 Å². The summed E-state index contributed by atoms with van der Waals surface area (Å²) in [6.07, 6.45) is -0.158. The molecule has 3 nitrogen and oxygen atoms in total. The minimum absolute atomic E-state index is 0. The first-order chi connectivity index (χ1) is 12.2. The minimum atomic E-state index is -1.12. The van der Waals surface area contributed by atoms with Crippen molar-refractivity contribution in [3.8, 4) is 0 Å². The zero-order valence-electron chi connectivity index (χ0n) is 14.8. The Balaban J connectivity index is 0.00000243. The molecule has 0 bridgehead atoms. The van der Waals surface area contributed by atoms with E-state index < -0.39 is 11.6 Å². The Labute approximate surface area is 196 Å². The molecule has 0 heterocycles. The molecule has 0 N–H and O–H groups in total. The summed E-state index contributed by atoms with van der Waals surface area (Å²) in [7, 11) is 0. The van der Waals surface area contributed by atoms with Crippen molar-refractivity contribution in [2.24, 2.45) is 0 Å². The monoisotopic (exact) mass is 370 g/mol. The van der Waals surface area contributed by atoms with Gasteiger partial charge in [0.1, 0.15) is 5.60 Å². The van der Waals surface area contributed by atoms with Crippen molar-refractivity contribution in [2.75, 3.05) is 6.61 Å². The van der Waals surface area contributed by atoms with Gasteiger partial charge < -0.3 is 14.6 Å². The second-order valence-corrected chi connectivity index (χ2v) is 5.75. The quantitative estimate of drug-likeness (QED) is 0.439. The van der Waals surface area contributed by atoms with Crippen molar-refractivity contribution in [1.29, 1.82) is 0 Å². The van der Waals surface area contributed by atoms with Crippen LogP contribution in [-0.2, 0) is 15.1 Å². The first-order valence-corrected chi connectivity index (χ1v) is 8.24. The molecule has 0 unspecified atom stereocenters. The summed E-state index contributed by atoms with van der Waals surface area (Å²) in [6, 6.07) is 29.6. The number of carboxylic acids is 1. The third kappa shape index (κ3) is 4.71. The molecule has 126 valence electrons. The van der Waals surface area contributed by atoms with Gasteiger partial charge in [0.25, 0.3) is 0 Å². The number of carbonyl (C=O) groups is 1. The smallest absolute Gasteiger partial charge is 0.550 e. The van der Waals surface area contributed by atoms with Crippen LogP contribution < -0.4 is 56.5 Å². The summed E-state index contributed by atoms with van der Waals surface area (Å²) in [5.41, 5.74) is 1.97. The van der Waals surface area contributed by atoms with Crippen LogP contribution in [0.4, 0.5) is 0 Å². The average Bonchev–Trinajstić information content (AvgIpc) is 2.67. The van der Waals surface area contributed by atoms with Gasteiger partial charge in [-0.15, -0.1) is 0 Å². The van der Waals surface area contributed by atoms with E-state index in [-0.39, 0.29) is 64.4 Å². The second kappa shape index (κ2) is 10.2. The Bertz CT molecular complexity index is 708. The first-order valence-electron chi connectivity index (χ1n) is 8.24. The molecule has 0 atom stereocenters. The molecule has 3 aromatic carbocycles. The third-order valence-corrected chi connectivity index (χ3v) is 4.17. The summed E-state index contributed by atoms with van der Waals surface area (Å²) in [5.74, 6) is -1.12. The van der Waals surface area contributed by atoms with E-state index in [1.807, 2.05) is 91.0 Å². The SMILES string of the molecule is O=C([O-])CCOC(c1ccccc1)(c1ccccc1)c1ccccc1.[K+]. The molecule has 0 spiro atoms. The number of rotatable bonds is 7. The fourth-order valence-electron chi connectivity index (χ4n) is 3.06. The molecule has 0 saturated heterocycles. The van der Waals surface area contributed by atoms with Crippen molar-refractivity contribution in [3.05, 3.63) is 108 Å². The van der Waals surface area contributed by atoms with E-state index in [9.17, 15) is 9.90 Å². The van der Waals surface area contributed by atoms with E-state index in [4.69, 9.17) is 4.74 Å². The molecule has 0 saturated carbocycles. The molecule has 0 aliphatic carbocycles. The molecule has 0 radical (unpaired) electrons. The van der Waals surface area contributed by atoms with E-state index in [2.05, 4.69) is 0 Å². The maximum absolute atomic E-state index is 10.9. The van der Waals surface area contributed by atoms with Crippen molar-refractivity contribution >= 4 is 5.97 Å². The maximum atomic E-state index is 10.9. The standard InChI is InChI=1S/C22H20O3.K/c23-21(24)16-17-25-22(18-10-4-1-5-11-18,19-12-6-2-7-13-19)20-14-8-3-9-15-20;/h1-15H,16-17H2,(H,23,24);/q;+1/p-1. The molecule has 26 heavy (non-hydrogen) atoms. The molecular formula is C22H19KO3. The number of hydrogen-bond donors (Lipinski definition) is 0. The number of aliphatic carboxylic acids is 1. The molecule has 3 rings (SSSR count). The molecule has 0 aliphatic heterocycles. The van der Waals surface area contributed by atoms with Gasteiger partial charge in [0.15, 0.2) is 0 Å². The predicted molar refractivity (Wildman–Crippen MR) is 94.8 cm³/mol. The van der Waals surface area contributed by atoms with Crippen LogP contribution in [0.25, 0.3) is 0 Å². The number of carbonyl (C=O) groups excluding carboxylic acids is 1. The average molecular weight is 370 g/mol. The van der Waals surface area contributed by atoms with Gasteiger partial charge in [-0.05, 0) is 16.7 Å². The van der Waals surface area contributed by atoms with Gasteiger partial charge in [-0.2, -0.15) is 0 Å². The van der Waals surface area contributed by atoms with Crippen LogP contribution in [-0.4, -0.2) is 12.6 Å². The van der Waals surface area contributed by atoms with Crippen LogP contribution in [0.15, 0.2) is 91.0 Å². The molecule has 4 heteroatoms. The molecule has 0 fully saturated rings. The summed E-state index contributed by atoms with van der Waals surface area (Å²) in [6.45, 7) is 0.0566. The molecule has 0 aliphatic rings. The number of ether oxygens (including phenoxy) is 1. The Morgan fingerprint density at radius 3 is 1.38 bits per heavy atom. The fraction of sp³-hybridized carbons (Fsp3) is 0.136. The zero-order chi connectivity index (χ0) is 17.5. The van der Waals surface area contributed by atoms with E-state index in [1.54, 1.807) is 0 Å². The molecule has 0 aromatic heterocycles. The summed E-state index contributed by atoms with van der Waals surface area (Å²) in [5, 5.41) is 10.9. The largest absolute Gasteiger partial charge is 1.00 e. The van der Waals surface area contributed by atoms with Gasteiger partial charge >= 0.3 is 51.4 Å². The third-order valence-electron chi connectivity index (χ3n) is 4.17. The van der Waals surface area contributed by atoms with Crippen molar-refractivity contribution in [3.63, 3.8) is 0 Å². The Morgan fingerprint density at radius 2 is 1.08 bits per heavy atom. The van der Waals surface area contributed by atoms with Gasteiger partial charge in [-0.1, -0.05) is 91.0 Å². The van der Waals surface area contributed by atoms with E-state index >= 15 is 0 Å². The Hall–Kier alpha value is -1.27. The first kappa shape index (κ1) is 21.0. The predicted octanol–water partition coefficient (Wildman–Crippen LogP) is 0.139. The van der Waals surface area contributed by atoms with Gasteiger partial charge in [-0.3, -0.25) is 0 Å². The fourth-order valence-corrected chi connectivity index (χ4v) is 3.06. The van der Waals surface area contributed by atoms with Gasteiger partial charge in [0.2, 0.25) is 0 Å². The van der Waals surface area contributed by atoms with Crippen molar-refractivity contribution in [2.45, 2.75) is 12.0 Å². The maximum Gasteiger partial charge on any atom is 1.00 e. The molecular weight excluding hydrogens is 351 g/mol. The molecule has 3 aromatic rings. The van der Waals surface area contributed by atoms with Gasteiger partial charge in [0, 0.05) is 12.4 Å². The number of carboxylic acid groups (broad SMARTS) is 1. The van der Waals surface area contributed by atoms with Crippen LogP contribution in [0, 0.1) is 0 Å². The Kier molecular flexibility index (Phi) is 8.22. The summed E-state index contributed by atoms with van der Waals surface area (Å²) >= 11 is 0. The molecule has 0 amide bonds. The summed E-state index contributed by atoms with van der Waals surface area (Å²) < 4.78 is 6.28. The van der Waals surface area contributed by atoms with E-state index in [0.29, 0.717) is 0 Å². The van der Waals surface area contributed by atoms with Crippen LogP contribution in [0.3, 0.4) is 0 Å². The second-order valence-electron chi connectivity index (χ2n) is 5.75. The van der Waals surface area contributed by atoms with Crippen molar-refractivity contribution < 1.29 is 66.0 Å². The number of hydrogen-bond acceptors (Lipinski definition) is 3. The zero-order valence-corrected chi connectivity index (χ0v) is 17.9. The number of benzene rings is 3. The van der Waals surface area contributed by atoms with E-state index in [0.717, 1.165) is 16.7 Å². The van der Waals surface area contributed by atoms with Crippen LogP contribution in [0.5, 0.6) is 0 Å². The van der Waals surface area contributed by atoms with Crippen LogP contribution in [0.2, 0.25) is 0 Å². The minimum Gasteiger partial charge on any atom is -0.550 e. The van der Waals surface area contributed by atoms with Gasteiger partial charge in [-0.25, -0.2) is 0 Å². The van der Waals surface area contributed by atoms with Gasteiger partial charge in [0.05, 0.1) is 6.61 Å². The summed E-state index contributed by atoms with van der Waals surface area (Å²) in [4.78, 5) is 10.9. The Morgan fingerprint density at radius 1 is 0.731 bits per heavy atom. The van der Waals surface area contributed by atoms with Crippen LogP contribution in [0.1, 0.15) is 23.1 Å². The van der Waals surface area contributed by atoms with E-state index in [1.165, 1.54) is 0 Å².